The Kier molecular flexibility index (Phi) is 6.58. The number of nitrogens with one attached hydrogen (secondary N) is 1. The topological polar surface area (TPSA) is 99.8 Å². The highest BCUT2D eigenvalue weighted by Gasteiger charge is 2.17. The highest BCUT2D eigenvalue weighted by molar-refractivity contribution is 5.91. The van der Waals surface area contributed by atoms with Crippen LogP contribution in [0.2, 0.25) is 0 Å². The average molecular weight is 465 g/mol. The molecule has 0 saturated carbocycles. The molecule has 0 fully saturated rings. The second-order valence-electron chi connectivity index (χ2n) is 7.93. The van der Waals surface area contributed by atoms with Crippen molar-refractivity contribution in [2.45, 2.75) is 19.8 Å². The van der Waals surface area contributed by atoms with Gasteiger partial charge in [0, 0.05) is 49.1 Å². The number of ether oxygens (including phenoxy) is 2. The van der Waals surface area contributed by atoms with Gasteiger partial charge in [0.1, 0.15) is 23.1 Å². The molecule has 1 atom stereocenters. The molecule has 2 aromatic heterocycles. The molecule has 0 aliphatic rings. The fourth-order valence-electron chi connectivity index (χ4n) is 3.70. The quantitative estimate of drug-likeness (QED) is 0.429. The van der Waals surface area contributed by atoms with Crippen molar-refractivity contribution in [3.05, 3.63) is 76.9 Å². The van der Waals surface area contributed by atoms with Crippen LogP contribution in [-0.2, 0) is 11.2 Å². The zero-order valence-electron chi connectivity index (χ0n) is 19.0. The van der Waals surface area contributed by atoms with Crippen LogP contribution in [0.3, 0.4) is 0 Å². The molecule has 0 saturated heterocycles. The van der Waals surface area contributed by atoms with Crippen LogP contribution in [0, 0.1) is 11.7 Å². The third kappa shape index (κ3) is 4.90. The molecule has 0 aliphatic carbocycles. The van der Waals surface area contributed by atoms with E-state index in [2.05, 4.69) is 15.5 Å². The van der Waals surface area contributed by atoms with Crippen molar-refractivity contribution in [1.82, 2.24) is 19.2 Å². The summed E-state index contributed by atoms with van der Waals surface area (Å²) in [5.41, 5.74) is 0.682. The molecule has 176 valence electrons. The van der Waals surface area contributed by atoms with E-state index < -0.39 is 11.4 Å². The van der Waals surface area contributed by atoms with E-state index in [-0.39, 0.29) is 23.9 Å². The maximum absolute atomic E-state index is 13.6. The summed E-state index contributed by atoms with van der Waals surface area (Å²) in [5.74, 6) is 1.01. The Bertz CT molecular complexity index is 1380. The highest BCUT2D eigenvalue weighted by atomic mass is 19.1. The Hall–Kier alpha value is -4.21. The first-order valence-corrected chi connectivity index (χ1v) is 10.6. The van der Waals surface area contributed by atoms with Crippen molar-refractivity contribution in [3.8, 4) is 17.2 Å². The summed E-state index contributed by atoms with van der Waals surface area (Å²) in [5, 5.41) is 11.0. The average Bonchev–Trinajstić information content (AvgIpc) is 3.22. The van der Waals surface area contributed by atoms with Gasteiger partial charge in [-0.3, -0.25) is 18.6 Å². The predicted octanol–water partition coefficient (Wildman–Crippen LogP) is 3.24. The van der Waals surface area contributed by atoms with Crippen molar-refractivity contribution in [3.63, 3.8) is 0 Å². The number of hydrogen-bond donors (Lipinski definition) is 1. The first-order valence-electron chi connectivity index (χ1n) is 10.6. The molecular formula is C24H24FN5O4. The third-order valence-corrected chi connectivity index (χ3v) is 5.33. The Labute approximate surface area is 194 Å². The molecule has 0 unspecified atom stereocenters. The smallest absolute Gasteiger partial charge is 0.300 e. The lowest BCUT2D eigenvalue weighted by molar-refractivity contribution is -0.116. The van der Waals surface area contributed by atoms with E-state index in [9.17, 15) is 14.0 Å². The van der Waals surface area contributed by atoms with Crippen LogP contribution in [0.15, 0.2) is 59.7 Å². The van der Waals surface area contributed by atoms with Crippen LogP contribution in [0.5, 0.6) is 11.5 Å². The van der Waals surface area contributed by atoms with E-state index in [0.717, 1.165) is 0 Å². The van der Waals surface area contributed by atoms with Gasteiger partial charge in [-0.25, -0.2) is 4.39 Å². The van der Waals surface area contributed by atoms with E-state index in [0.29, 0.717) is 35.1 Å². The maximum atomic E-state index is 13.6. The van der Waals surface area contributed by atoms with E-state index in [1.165, 1.54) is 37.0 Å². The van der Waals surface area contributed by atoms with Crippen LogP contribution >= 0.6 is 0 Å². The van der Waals surface area contributed by atoms with E-state index >= 15 is 0 Å². The van der Waals surface area contributed by atoms with E-state index in [1.807, 2.05) is 6.92 Å². The molecule has 9 nitrogen and oxygen atoms in total. The molecule has 10 heteroatoms. The summed E-state index contributed by atoms with van der Waals surface area (Å²) in [7, 11) is 3.08. The summed E-state index contributed by atoms with van der Waals surface area (Å²) in [6.07, 6.45) is 3.87. The zero-order chi connectivity index (χ0) is 24.2. The molecular weight excluding hydrogens is 441 g/mol. The van der Waals surface area contributed by atoms with Gasteiger partial charge in [0.05, 0.1) is 19.9 Å². The van der Waals surface area contributed by atoms with Crippen molar-refractivity contribution < 1.29 is 18.7 Å². The van der Waals surface area contributed by atoms with Crippen molar-refractivity contribution in [2.24, 2.45) is 5.92 Å². The SMILES string of the molecule is COc1cc(NC(=O)C[C@@H](C)Cc2nnc3c(=O)n(-c4cccc(F)c4)ccn23)cc(OC)c1. The number of hydrogen-bond acceptors (Lipinski definition) is 6. The minimum Gasteiger partial charge on any atom is -0.497 e. The Morgan fingerprint density at radius 1 is 1.09 bits per heavy atom. The number of halogens is 1. The molecule has 0 spiro atoms. The number of methoxy groups -OCH3 is 2. The number of carbonyl (C=O) groups excluding carboxylic acids is 1. The van der Waals surface area contributed by atoms with Crippen molar-refractivity contribution in [1.29, 1.82) is 0 Å². The minimum atomic E-state index is -0.439. The molecule has 0 bridgehead atoms. The maximum Gasteiger partial charge on any atom is 0.300 e. The van der Waals surface area contributed by atoms with Gasteiger partial charge in [-0.2, -0.15) is 0 Å². The number of carbonyl (C=O) groups is 1. The number of benzene rings is 2. The van der Waals surface area contributed by atoms with Crippen LogP contribution in [0.4, 0.5) is 10.1 Å². The largest absolute Gasteiger partial charge is 0.497 e. The van der Waals surface area contributed by atoms with E-state index in [1.54, 1.807) is 41.1 Å². The van der Waals surface area contributed by atoms with Gasteiger partial charge < -0.3 is 14.8 Å². The fourth-order valence-corrected chi connectivity index (χ4v) is 3.70. The third-order valence-electron chi connectivity index (χ3n) is 5.33. The number of anilines is 1. The zero-order valence-corrected chi connectivity index (χ0v) is 19.0. The summed E-state index contributed by atoms with van der Waals surface area (Å²) in [4.78, 5) is 25.4. The number of fused-ring (bicyclic) bond motifs is 1. The van der Waals surface area contributed by atoms with Gasteiger partial charge in [0.15, 0.2) is 0 Å². The minimum absolute atomic E-state index is 0.0782. The van der Waals surface area contributed by atoms with Crippen molar-refractivity contribution >= 4 is 17.2 Å². The predicted molar refractivity (Wildman–Crippen MR) is 124 cm³/mol. The summed E-state index contributed by atoms with van der Waals surface area (Å²) >= 11 is 0. The molecule has 0 radical (unpaired) electrons. The lowest BCUT2D eigenvalue weighted by Crippen LogP contribution is -2.21. The summed E-state index contributed by atoms with van der Waals surface area (Å²) < 4.78 is 26.9. The monoisotopic (exact) mass is 465 g/mol. The standard InChI is InChI=1S/C24H24FN5O4/c1-15(10-22(31)26-17-12-19(33-2)14-20(13-17)34-3)9-21-27-28-23-24(32)29(7-8-30(21)23)18-6-4-5-16(25)11-18/h4-8,11-15H,9-10H2,1-3H3,(H,26,31)/t15-/m0/s1. The second-order valence-corrected chi connectivity index (χ2v) is 7.93. The van der Waals surface area contributed by atoms with Crippen LogP contribution in [-0.4, -0.2) is 39.3 Å². The lowest BCUT2D eigenvalue weighted by atomic mass is 10.0. The molecule has 34 heavy (non-hydrogen) atoms. The number of aromatic nitrogens is 4. The molecule has 1 N–H and O–H groups in total. The molecule has 4 aromatic rings. The Morgan fingerprint density at radius 2 is 1.82 bits per heavy atom. The normalized spacial score (nSPS) is 11.9. The van der Waals surface area contributed by atoms with Gasteiger partial charge in [-0.1, -0.05) is 13.0 Å². The lowest BCUT2D eigenvalue weighted by Gasteiger charge is -2.13. The second kappa shape index (κ2) is 9.74. The first-order chi connectivity index (χ1) is 16.4. The summed E-state index contributed by atoms with van der Waals surface area (Å²) in [6.45, 7) is 1.92. The van der Waals surface area contributed by atoms with E-state index in [4.69, 9.17) is 9.47 Å². The van der Waals surface area contributed by atoms with Crippen molar-refractivity contribution in [2.75, 3.05) is 19.5 Å². The molecule has 1 amide bonds. The Balaban J connectivity index is 1.47. The molecule has 2 heterocycles. The molecule has 2 aromatic carbocycles. The van der Waals surface area contributed by atoms with Crippen LogP contribution < -0.4 is 20.3 Å². The van der Waals surface area contributed by atoms with Gasteiger partial charge in [-0.05, 0) is 24.1 Å². The van der Waals surface area contributed by atoms with Gasteiger partial charge in [-0.15, -0.1) is 10.2 Å². The van der Waals surface area contributed by atoms with Gasteiger partial charge in [0.2, 0.25) is 11.6 Å². The molecule has 4 rings (SSSR count). The number of nitrogens with zero attached hydrogens (tertiary/aromatic N) is 4. The van der Waals surface area contributed by atoms with Crippen LogP contribution in [0.1, 0.15) is 19.2 Å². The highest BCUT2D eigenvalue weighted by Crippen LogP contribution is 2.26. The van der Waals surface area contributed by atoms with Gasteiger partial charge >= 0.3 is 5.56 Å². The number of rotatable bonds is 8. The summed E-state index contributed by atoms with van der Waals surface area (Å²) in [6, 6.07) is 10.9. The van der Waals surface area contributed by atoms with Crippen LogP contribution in [0.25, 0.3) is 11.3 Å². The first kappa shape index (κ1) is 23.0. The fraction of sp³-hybridized carbons (Fsp3) is 0.250. The number of amides is 1. The molecule has 0 aliphatic heterocycles. The Morgan fingerprint density at radius 3 is 2.50 bits per heavy atom. The van der Waals surface area contributed by atoms with Gasteiger partial charge in [0.25, 0.3) is 0 Å².